The molecule has 1 aliphatic rings. The van der Waals surface area contributed by atoms with Gasteiger partial charge in [0, 0.05) is 25.9 Å². The molecular weight excluding hydrogens is 220 g/mol. The van der Waals surface area contributed by atoms with E-state index in [4.69, 9.17) is 0 Å². The van der Waals surface area contributed by atoms with Crippen LogP contribution in [0.3, 0.4) is 0 Å². The van der Waals surface area contributed by atoms with E-state index in [1.54, 1.807) is 25.5 Å². The van der Waals surface area contributed by atoms with E-state index in [2.05, 4.69) is 4.98 Å². The van der Waals surface area contributed by atoms with Crippen molar-refractivity contribution in [2.24, 2.45) is 5.92 Å². The molecule has 1 aromatic rings. The van der Waals surface area contributed by atoms with E-state index >= 15 is 0 Å². The van der Waals surface area contributed by atoms with E-state index in [-0.39, 0.29) is 5.91 Å². The molecule has 17 heavy (non-hydrogen) atoms. The molecule has 0 spiro atoms. The molecule has 5 nitrogen and oxygen atoms in total. The van der Waals surface area contributed by atoms with Crippen molar-refractivity contribution in [2.75, 3.05) is 7.05 Å². The van der Waals surface area contributed by atoms with Crippen molar-refractivity contribution < 1.29 is 14.7 Å². The third kappa shape index (κ3) is 2.13. The van der Waals surface area contributed by atoms with Crippen LogP contribution >= 0.6 is 0 Å². The number of carboxylic acid groups (broad SMARTS) is 1. The standard InChI is InChI=1S/C12H14N2O3/c1-14-10(15)5-4-9(12(16)17)11(14)8-3-2-6-13-7-8/h2-3,6-7,9,11H,4-5H2,1H3,(H,16,17)/t9-,11-/m1/s1. The van der Waals surface area contributed by atoms with Crippen molar-refractivity contribution in [3.05, 3.63) is 30.1 Å². The zero-order valence-corrected chi connectivity index (χ0v) is 9.54. The second-order valence-electron chi connectivity index (χ2n) is 4.22. The lowest BCUT2D eigenvalue weighted by Crippen LogP contribution is -2.43. The van der Waals surface area contributed by atoms with Crippen LogP contribution in [0.15, 0.2) is 24.5 Å². The number of amides is 1. The normalized spacial score (nSPS) is 24.8. The fourth-order valence-electron chi connectivity index (χ4n) is 2.30. The topological polar surface area (TPSA) is 70.5 Å². The minimum atomic E-state index is -0.863. The van der Waals surface area contributed by atoms with Crippen molar-refractivity contribution in [1.82, 2.24) is 9.88 Å². The van der Waals surface area contributed by atoms with Crippen molar-refractivity contribution in [1.29, 1.82) is 0 Å². The summed E-state index contributed by atoms with van der Waals surface area (Å²) in [5.74, 6) is -1.43. The minimum Gasteiger partial charge on any atom is -0.481 e. The number of likely N-dealkylation sites (tertiary alicyclic amines) is 1. The van der Waals surface area contributed by atoms with Gasteiger partial charge in [0.25, 0.3) is 0 Å². The molecule has 90 valence electrons. The number of rotatable bonds is 2. The summed E-state index contributed by atoms with van der Waals surface area (Å²) < 4.78 is 0. The van der Waals surface area contributed by atoms with Gasteiger partial charge in [0.15, 0.2) is 0 Å². The molecule has 0 unspecified atom stereocenters. The molecule has 5 heteroatoms. The number of pyridine rings is 1. The van der Waals surface area contributed by atoms with Crippen LogP contribution < -0.4 is 0 Å². The van der Waals surface area contributed by atoms with Gasteiger partial charge >= 0.3 is 5.97 Å². The number of hydrogen-bond donors (Lipinski definition) is 1. The molecular formula is C12H14N2O3. The van der Waals surface area contributed by atoms with Crippen LogP contribution in [-0.2, 0) is 9.59 Å². The van der Waals surface area contributed by atoms with Gasteiger partial charge in [0.2, 0.25) is 5.91 Å². The Morgan fingerprint density at radius 2 is 2.35 bits per heavy atom. The van der Waals surface area contributed by atoms with Crippen LogP contribution in [0.1, 0.15) is 24.4 Å². The van der Waals surface area contributed by atoms with Gasteiger partial charge in [-0.25, -0.2) is 0 Å². The minimum absolute atomic E-state index is 0.0173. The van der Waals surface area contributed by atoms with Gasteiger partial charge in [-0.2, -0.15) is 0 Å². The molecule has 0 aromatic carbocycles. The summed E-state index contributed by atoms with van der Waals surface area (Å²) in [7, 11) is 1.65. The fourth-order valence-corrected chi connectivity index (χ4v) is 2.30. The highest BCUT2D eigenvalue weighted by atomic mass is 16.4. The summed E-state index contributed by atoms with van der Waals surface area (Å²) >= 11 is 0. The largest absolute Gasteiger partial charge is 0.481 e. The molecule has 1 N–H and O–H groups in total. The lowest BCUT2D eigenvalue weighted by molar-refractivity contribution is -0.150. The molecule has 1 fully saturated rings. The Kier molecular flexibility index (Phi) is 3.08. The molecule has 1 amide bonds. The highest BCUT2D eigenvalue weighted by Crippen LogP contribution is 2.35. The summed E-state index contributed by atoms with van der Waals surface area (Å²) in [5.41, 5.74) is 0.774. The van der Waals surface area contributed by atoms with E-state index in [0.717, 1.165) is 5.56 Å². The number of carbonyl (C=O) groups excluding carboxylic acids is 1. The van der Waals surface area contributed by atoms with Crippen molar-refractivity contribution in [2.45, 2.75) is 18.9 Å². The van der Waals surface area contributed by atoms with Crippen molar-refractivity contribution in [3.63, 3.8) is 0 Å². The SMILES string of the molecule is CN1C(=O)CC[C@@H](C(=O)O)[C@H]1c1cccnc1. The number of carboxylic acids is 1. The molecule has 1 saturated heterocycles. The second kappa shape index (κ2) is 4.53. The molecule has 1 aliphatic heterocycles. The van der Waals surface area contributed by atoms with Gasteiger partial charge in [-0.05, 0) is 18.1 Å². The average molecular weight is 234 g/mol. The van der Waals surface area contributed by atoms with Crippen LogP contribution in [-0.4, -0.2) is 33.9 Å². The molecule has 2 atom stereocenters. The van der Waals surface area contributed by atoms with Gasteiger partial charge < -0.3 is 10.0 Å². The molecule has 2 heterocycles. The highest BCUT2D eigenvalue weighted by Gasteiger charge is 2.38. The summed E-state index contributed by atoms with van der Waals surface area (Å²) in [6, 6.07) is 3.14. The number of aromatic nitrogens is 1. The summed E-state index contributed by atoms with van der Waals surface area (Å²) in [6.45, 7) is 0. The molecule has 0 bridgehead atoms. The third-order valence-electron chi connectivity index (χ3n) is 3.20. The zero-order valence-electron chi connectivity index (χ0n) is 9.54. The van der Waals surface area contributed by atoms with E-state index in [1.165, 1.54) is 4.90 Å². The Labute approximate surface area is 99.1 Å². The van der Waals surface area contributed by atoms with Crippen LogP contribution in [0.25, 0.3) is 0 Å². The van der Waals surface area contributed by atoms with Gasteiger partial charge in [-0.3, -0.25) is 14.6 Å². The van der Waals surface area contributed by atoms with Gasteiger partial charge in [-0.1, -0.05) is 6.07 Å². The average Bonchev–Trinajstić information content (AvgIpc) is 2.33. The van der Waals surface area contributed by atoms with Gasteiger partial charge in [0.05, 0.1) is 12.0 Å². The first-order valence-corrected chi connectivity index (χ1v) is 5.49. The van der Waals surface area contributed by atoms with Crippen molar-refractivity contribution in [3.8, 4) is 0 Å². The van der Waals surface area contributed by atoms with Crippen LogP contribution in [0.2, 0.25) is 0 Å². The quantitative estimate of drug-likeness (QED) is 0.831. The predicted octanol–water partition coefficient (Wildman–Crippen LogP) is 1.08. The lowest BCUT2D eigenvalue weighted by atomic mass is 9.85. The maximum Gasteiger partial charge on any atom is 0.308 e. The molecule has 1 aromatic heterocycles. The Hall–Kier alpha value is -1.91. The fraction of sp³-hybridized carbons (Fsp3) is 0.417. The Bertz CT molecular complexity index is 433. The Morgan fingerprint density at radius 1 is 1.59 bits per heavy atom. The number of piperidine rings is 1. The van der Waals surface area contributed by atoms with E-state index in [0.29, 0.717) is 12.8 Å². The first-order chi connectivity index (χ1) is 8.11. The molecule has 0 saturated carbocycles. The number of aliphatic carboxylic acids is 1. The van der Waals surface area contributed by atoms with Gasteiger partial charge in [0.1, 0.15) is 0 Å². The summed E-state index contributed by atoms with van der Waals surface area (Å²) in [5, 5.41) is 9.22. The Morgan fingerprint density at radius 3 is 2.94 bits per heavy atom. The highest BCUT2D eigenvalue weighted by molar-refractivity contribution is 5.81. The Balaban J connectivity index is 2.37. The smallest absolute Gasteiger partial charge is 0.308 e. The van der Waals surface area contributed by atoms with Gasteiger partial charge in [-0.15, -0.1) is 0 Å². The maximum atomic E-state index is 11.7. The number of nitrogens with zero attached hydrogens (tertiary/aromatic N) is 2. The maximum absolute atomic E-state index is 11.7. The first kappa shape index (κ1) is 11.6. The second-order valence-corrected chi connectivity index (χ2v) is 4.22. The van der Waals surface area contributed by atoms with Crippen LogP contribution in [0.5, 0.6) is 0 Å². The van der Waals surface area contributed by atoms with E-state index in [9.17, 15) is 14.7 Å². The van der Waals surface area contributed by atoms with Crippen LogP contribution in [0.4, 0.5) is 0 Å². The first-order valence-electron chi connectivity index (χ1n) is 5.49. The van der Waals surface area contributed by atoms with Crippen molar-refractivity contribution >= 4 is 11.9 Å². The summed E-state index contributed by atoms with van der Waals surface area (Å²) in [4.78, 5) is 28.4. The molecule has 0 aliphatic carbocycles. The monoisotopic (exact) mass is 234 g/mol. The predicted molar refractivity (Wildman–Crippen MR) is 60.1 cm³/mol. The zero-order chi connectivity index (χ0) is 12.4. The third-order valence-corrected chi connectivity index (χ3v) is 3.20. The lowest BCUT2D eigenvalue weighted by Gasteiger charge is -2.37. The molecule has 0 radical (unpaired) electrons. The number of hydrogen-bond acceptors (Lipinski definition) is 3. The summed E-state index contributed by atoms with van der Waals surface area (Å²) in [6.07, 6.45) is 3.93. The molecule has 2 rings (SSSR count). The van der Waals surface area contributed by atoms with Crippen LogP contribution in [0, 0.1) is 5.92 Å². The number of carbonyl (C=O) groups is 2. The van der Waals surface area contributed by atoms with E-state index < -0.39 is 17.9 Å². The van der Waals surface area contributed by atoms with E-state index in [1.807, 2.05) is 6.07 Å².